The number of nitrogens with zero attached hydrogens (tertiary/aromatic N) is 3. The van der Waals surface area contributed by atoms with Crippen LogP contribution >= 0.6 is 11.3 Å². The Hall–Kier alpha value is -4.76. The normalized spacial score (nSPS) is 15.0. The molecule has 0 saturated heterocycles. The van der Waals surface area contributed by atoms with Crippen LogP contribution in [0.2, 0.25) is 0 Å². The molecule has 3 heterocycles. The van der Waals surface area contributed by atoms with Gasteiger partial charge in [-0.1, -0.05) is 41.7 Å². The smallest absolute Gasteiger partial charge is 0.338 e. The third kappa shape index (κ3) is 4.79. The van der Waals surface area contributed by atoms with E-state index in [0.717, 1.165) is 39.0 Å². The van der Waals surface area contributed by atoms with Crippen LogP contribution in [0.15, 0.2) is 87.8 Å². The summed E-state index contributed by atoms with van der Waals surface area (Å²) in [5.74, 6) is -0.114. The molecular formula is C34H30FN3O4S. The number of aryl methyl sites for hydroxylation is 1. The molecule has 0 spiro atoms. The fraction of sp³-hybridized carbons (Fsp3) is 0.206. The summed E-state index contributed by atoms with van der Waals surface area (Å²) in [6.07, 6.45) is 1.86. The van der Waals surface area contributed by atoms with E-state index in [1.54, 1.807) is 37.7 Å². The number of carbonyl (C=O) groups is 1. The summed E-state index contributed by atoms with van der Waals surface area (Å²) < 4.78 is 28.8. The van der Waals surface area contributed by atoms with Crippen LogP contribution in [0.25, 0.3) is 22.5 Å². The van der Waals surface area contributed by atoms with Gasteiger partial charge in [0.05, 0.1) is 35.6 Å². The lowest BCUT2D eigenvalue weighted by atomic mass is 9.91. The minimum Gasteiger partial charge on any atom is -0.496 e. The monoisotopic (exact) mass is 595 g/mol. The van der Waals surface area contributed by atoms with Crippen molar-refractivity contribution in [1.82, 2.24) is 9.13 Å². The second-order valence-corrected chi connectivity index (χ2v) is 11.4. The number of hydrogen-bond donors (Lipinski definition) is 0. The summed E-state index contributed by atoms with van der Waals surface area (Å²) in [6.45, 7) is 7.66. The summed E-state index contributed by atoms with van der Waals surface area (Å²) in [6, 6.07) is 19.1. The number of allylic oxidation sites excluding steroid dienone is 1. The molecular weight excluding hydrogens is 565 g/mol. The third-order valence-corrected chi connectivity index (χ3v) is 8.77. The van der Waals surface area contributed by atoms with Crippen LogP contribution in [0.5, 0.6) is 5.75 Å². The van der Waals surface area contributed by atoms with E-state index in [1.165, 1.54) is 23.5 Å². The van der Waals surface area contributed by atoms with Crippen LogP contribution in [0.3, 0.4) is 0 Å². The molecule has 0 bridgehead atoms. The van der Waals surface area contributed by atoms with Gasteiger partial charge in [0, 0.05) is 22.5 Å². The predicted molar refractivity (Wildman–Crippen MR) is 166 cm³/mol. The maximum atomic E-state index is 14.2. The number of ether oxygens (including phenoxy) is 2. The molecule has 6 rings (SSSR count). The molecule has 0 amide bonds. The summed E-state index contributed by atoms with van der Waals surface area (Å²) >= 11 is 1.28. The van der Waals surface area contributed by atoms with Gasteiger partial charge in [0.2, 0.25) is 0 Å². The number of fused-ring (bicyclic) bond motifs is 2. The topological polar surface area (TPSA) is 74.8 Å². The van der Waals surface area contributed by atoms with Crippen molar-refractivity contribution in [3.63, 3.8) is 0 Å². The lowest BCUT2D eigenvalue weighted by Crippen LogP contribution is -2.40. The highest BCUT2D eigenvalue weighted by Gasteiger charge is 2.34. The molecule has 1 aliphatic heterocycles. The fourth-order valence-corrected chi connectivity index (χ4v) is 6.90. The van der Waals surface area contributed by atoms with Crippen molar-refractivity contribution in [1.29, 1.82) is 0 Å². The van der Waals surface area contributed by atoms with Crippen LogP contribution in [-0.4, -0.2) is 28.8 Å². The second kappa shape index (κ2) is 11.1. The minimum atomic E-state index is -0.750. The number of aromatic nitrogens is 2. The molecule has 218 valence electrons. The summed E-state index contributed by atoms with van der Waals surface area (Å²) in [7, 11) is 1.62. The first-order chi connectivity index (χ1) is 20.7. The van der Waals surface area contributed by atoms with Crippen molar-refractivity contribution < 1.29 is 18.7 Å². The van der Waals surface area contributed by atoms with Gasteiger partial charge >= 0.3 is 5.97 Å². The molecule has 0 unspecified atom stereocenters. The molecule has 0 aliphatic carbocycles. The standard InChI is InChI=1S/C34H30FN3O4S/c1-6-42-33(40)30-20(3)36-34-38(31(30)27-15-16-28(41-5)26-10-8-7-9-25(26)27)32(39)29(43-34)18-22-17-19(2)37(21(22)4)24-13-11-23(35)12-14-24/h7-18,31H,6H2,1-5H3/b29-18+/t31-/m0/s1. The summed E-state index contributed by atoms with van der Waals surface area (Å²) in [5.41, 5.74) is 4.90. The zero-order valence-electron chi connectivity index (χ0n) is 24.5. The van der Waals surface area contributed by atoms with E-state index in [0.29, 0.717) is 26.4 Å². The molecule has 2 aromatic heterocycles. The number of methoxy groups -OCH3 is 1. The zero-order valence-corrected chi connectivity index (χ0v) is 25.3. The Labute approximate surface area is 251 Å². The Balaban J connectivity index is 1.58. The molecule has 0 saturated carbocycles. The molecule has 0 N–H and O–H groups in total. The van der Waals surface area contributed by atoms with Crippen molar-refractivity contribution in [2.24, 2.45) is 4.99 Å². The zero-order chi connectivity index (χ0) is 30.4. The van der Waals surface area contributed by atoms with Crippen molar-refractivity contribution in [3.8, 4) is 11.4 Å². The first kappa shape index (κ1) is 28.4. The van der Waals surface area contributed by atoms with Crippen molar-refractivity contribution >= 4 is 34.2 Å². The van der Waals surface area contributed by atoms with Crippen LogP contribution in [-0.2, 0) is 9.53 Å². The highest BCUT2D eigenvalue weighted by atomic mass is 32.1. The van der Waals surface area contributed by atoms with E-state index in [-0.39, 0.29) is 18.0 Å². The quantitative estimate of drug-likeness (QED) is 0.243. The van der Waals surface area contributed by atoms with Gasteiger partial charge in [-0.05, 0) is 86.7 Å². The Morgan fingerprint density at radius 3 is 2.47 bits per heavy atom. The van der Waals surface area contributed by atoms with Gasteiger partial charge in [-0.3, -0.25) is 9.36 Å². The highest BCUT2D eigenvalue weighted by Crippen LogP contribution is 2.38. The predicted octanol–water partition coefficient (Wildman–Crippen LogP) is 5.51. The largest absolute Gasteiger partial charge is 0.496 e. The van der Waals surface area contributed by atoms with Gasteiger partial charge in [0.15, 0.2) is 4.80 Å². The number of hydrogen-bond acceptors (Lipinski definition) is 6. The minimum absolute atomic E-state index is 0.194. The molecule has 1 atom stereocenters. The number of benzene rings is 3. The maximum Gasteiger partial charge on any atom is 0.338 e. The van der Waals surface area contributed by atoms with Gasteiger partial charge in [-0.15, -0.1) is 0 Å². The molecule has 43 heavy (non-hydrogen) atoms. The Kier molecular flexibility index (Phi) is 7.35. The average molecular weight is 596 g/mol. The highest BCUT2D eigenvalue weighted by molar-refractivity contribution is 7.07. The van der Waals surface area contributed by atoms with E-state index in [1.807, 2.05) is 67.0 Å². The summed E-state index contributed by atoms with van der Waals surface area (Å²) in [4.78, 5) is 32.9. The average Bonchev–Trinajstić information content (AvgIpc) is 3.45. The van der Waals surface area contributed by atoms with E-state index in [4.69, 9.17) is 14.5 Å². The van der Waals surface area contributed by atoms with Crippen molar-refractivity contribution in [2.45, 2.75) is 33.7 Å². The van der Waals surface area contributed by atoms with Crippen LogP contribution in [0.4, 0.5) is 4.39 Å². The van der Waals surface area contributed by atoms with E-state index >= 15 is 0 Å². The molecule has 0 fully saturated rings. The van der Waals surface area contributed by atoms with Crippen molar-refractivity contribution in [2.75, 3.05) is 13.7 Å². The fourth-order valence-electron chi connectivity index (χ4n) is 5.86. The molecule has 9 heteroatoms. The van der Waals surface area contributed by atoms with Gasteiger partial charge in [-0.25, -0.2) is 14.2 Å². The number of halogens is 1. The van der Waals surface area contributed by atoms with E-state index in [9.17, 15) is 14.0 Å². The van der Waals surface area contributed by atoms with Gasteiger partial charge in [-0.2, -0.15) is 0 Å². The van der Waals surface area contributed by atoms with Crippen molar-refractivity contribution in [3.05, 3.63) is 126 Å². The SMILES string of the molecule is CCOC(=O)C1=C(C)N=c2s/c(=C/c3cc(C)n(-c4ccc(F)cc4)c3C)c(=O)n2[C@H]1c1ccc(OC)c2ccccc12. The van der Waals surface area contributed by atoms with Gasteiger partial charge in [0.1, 0.15) is 11.6 Å². The number of thiazole rings is 1. The molecule has 1 aliphatic rings. The maximum absolute atomic E-state index is 14.2. The number of rotatable bonds is 6. The van der Waals surface area contributed by atoms with Gasteiger partial charge in [0.25, 0.3) is 5.56 Å². The third-order valence-electron chi connectivity index (χ3n) is 7.79. The molecule has 0 radical (unpaired) electrons. The number of esters is 1. The van der Waals surface area contributed by atoms with Gasteiger partial charge < -0.3 is 14.0 Å². The summed E-state index contributed by atoms with van der Waals surface area (Å²) in [5, 5.41) is 1.73. The molecule has 3 aromatic carbocycles. The van der Waals surface area contributed by atoms with E-state index < -0.39 is 12.0 Å². The number of carbonyl (C=O) groups excluding carboxylic acids is 1. The Bertz CT molecular complexity index is 2120. The van der Waals surface area contributed by atoms with Crippen LogP contribution in [0, 0.1) is 19.7 Å². The first-order valence-corrected chi connectivity index (χ1v) is 14.7. The second-order valence-electron chi connectivity index (χ2n) is 10.3. The van der Waals surface area contributed by atoms with E-state index in [2.05, 4.69) is 0 Å². The first-order valence-electron chi connectivity index (χ1n) is 13.9. The Morgan fingerprint density at radius 1 is 1.05 bits per heavy atom. The van der Waals surface area contributed by atoms with Crippen LogP contribution in [0.1, 0.15) is 42.4 Å². The lowest BCUT2D eigenvalue weighted by molar-refractivity contribution is -0.139. The van der Waals surface area contributed by atoms with Crippen LogP contribution < -0.4 is 19.6 Å². The Morgan fingerprint density at radius 2 is 1.77 bits per heavy atom. The molecule has 5 aromatic rings. The lowest BCUT2D eigenvalue weighted by Gasteiger charge is -2.26. The molecule has 7 nitrogen and oxygen atoms in total.